The summed E-state index contributed by atoms with van der Waals surface area (Å²) < 4.78 is 0. The number of carbonyl (C=O) groups is 3. The molecule has 6 nitrogen and oxygen atoms in total. The Hall–Kier alpha value is -3.45. The summed E-state index contributed by atoms with van der Waals surface area (Å²) in [7, 11) is 0. The van der Waals surface area contributed by atoms with Gasteiger partial charge < -0.3 is 15.5 Å². The van der Waals surface area contributed by atoms with Crippen molar-refractivity contribution in [3.8, 4) is 0 Å². The SMILES string of the molecule is Cc1ccccc1C(=O)NC1CCN(C(=O)c2cccc(NC(=O)CCCc3cccs3)c2)CC1. The molecule has 3 aromatic rings. The molecule has 2 heterocycles. The number of carbonyl (C=O) groups excluding carboxylic acids is 3. The molecule has 4 rings (SSSR count). The predicted octanol–water partition coefficient (Wildman–Crippen LogP) is 5.05. The second kappa shape index (κ2) is 11.8. The number of hydrogen-bond acceptors (Lipinski definition) is 4. The molecule has 0 radical (unpaired) electrons. The largest absolute Gasteiger partial charge is 0.349 e. The molecule has 2 aromatic carbocycles. The average Bonchev–Trinajstić information content (AvgIpc) is 3.38. The van der Waals surface area contributed by atoms with E-state index in [4.69, 9.17) is 0 Å². The number of thiophene rings is 1. The third kappa shape index (κ3) is 6.79. The summed E-state index contributed by atoms with van der Waals surface area (Å²) in [6, 6.07) is 18.8. The Kier molecular flexibility index (Phi) is 8.32. The Bertz CT molecular complexity index is 1170. The van der Waals surface area contributed by atoms with E-state index in [1.165, 1.54) is 4.88 Å². The van der Waals surface area contributed by atoms with Gasteiger partial charge in [-0.1, -0.05) is 30.3 Å². The first-order valence-electron chi connectivity index (χ1n) is 12.1. The molecule has 1 fully saturated rings. The van der Waals surface area contributed by atoms with Gasteiger partial charge in [-0.25, -0.2) is 0 Å². The van der Waals surface area contributed by atoms with Crippen LogP contribution in [0.25, 0.3) is 0 Å². The average molecular weight is 490 g/mol. The molecule has 0 bridgehead atoms. The van der Waals surface area contributed by atoms with Crippen molar-refractivity contribution in [2.75, 3.05) is 18.4 Å². The minimum Gasteiger partial charge on any atom is -0.349 e. The smallest absolute Gasteiger partial charge is 0.253 e. The van der Waals surface area contributed by atoms with Crippen molar-refractivity contribution in [3.63, 3.8) is 0 Å². The maximum absolute atomic E-state index is 13.1. The number of anilines is 1. The van der Waals surface area contributed by atoms with Crippen LogP contribution in [-0.2, 0) is 11.2 Å². The van der Waals surface area contributed by atoms with Crippen LogP contribution in [0.3, 0.4) is 0 Å². The summed E-state index contributed by atoms with van der Waals surface area (Å²) in [5.41, 5.74) is 2.84. The number of benzene rings is 2. The molecule has 0 spiro atoms. The van der Waals surface area contributed by atoms with Gasteiger partial charge in [-0.15, -0.1) is 11.3 Å². The molecule has 1 aliphatic rings. The van der Waals surface area contributed by atoms with Crippen molar-refractivity contribution in [3.05, 3.63) is 87.6 Å². The molecule has 7 heteroatoms. The van der Waals surface area contributed by atoms with E-state index in [2.05, 4.69) is 16.7 Å². The highest BCUT2D eigenvalue weighted by Gasteiger charge is 2.25. The van der Waals surface area contributed by atoms with Crippen LogP contribution in [0.1, 0.15) is 56.8 Å². The lowest BCUT2D eigenvalue weighted by Crippen LogP contribution is -2.46. The van der Waals surface area contributed by atoms with Crippen molar-refractivity contribution >= 4 is 34.7 Å². The van der Waals surface area contributed by atoms with Gasteiger partial charge in [0.2, 0.25) is 5.91 Å². The number of likely N-dealkylation sites (tertiary alicyclic amines) is 1. The van der Waals surface area contributed by atoms with Crippen LogP contribution >= 0.6 is 11.3 Å². The zero-order chi connectivity index (χ0) is 24.6. The minimum absolute atomic E-state index is 0.0450. The van der Waals surface area contributed by atoms with E-state index >= 15 is 0 Å². The van der Waals surface area contributed by atoms with Gasteiger partial charge in [0.05, 0.1) is 0 Å². The summed E-state index contributed by atoms with van der Waals surface area (Å²) >= 11 is 1.71. The Morgan fingerprint density at radius 3 is 2.54 bits per heavy atom. The van der Waals surface area contributed by atoms with Crippen molar-refractivity contribution in [1.82, 2.24) is 10.2 Å². The zero-order valence-electron chi connectivity index (χ0n) is 20.0. The molecule has 2 N–H and O–H groups in total. The third-order valence-electron chi connectivity index (χ3n) is 6.31. The van der Waals surface area contributed by atoms with E-state index < -0.39 is 0 Å². The van der Waals surface area contributed by atoms with Gasteiger partial charge >= 0.3 is 0 Å². The first-order chi connectivity index (χ1) is 17.0. The molecular weight excluding hydrogens is 458 g/mol. The Balaban J connectivity index is 1.25. The van der Waals surface area contributed by atoms with Crippen LogP contribution in [0.2, 0.25) is 0 Å². The standard InChI is InChI=1S/C28H31N3O3S/c1-20-7-2-3-12-25(20)27(33)30-22-14-16-31(17-15-22)28(34)21-8-4-9-23(19-21)29-26(32)13-5-10-24-11-6-18-35-24/h2-4,6-9,11-12,18-19,22H,5,10,13-17H2,1H3,(H,29,32)(H,30,33). The van der Waals surface area contributed by atoms with Crippen LogP contribution in [0.5, 0.6) is 0 Å². The van der Waals surface area contributed by atoms with Gasteiger partial charge in [0.15, 0.2) is 0 Å². The fourth-order valence-corrected chi connectivity index (χ4v) is 5.08. The monoisotopic (exact) mass is 489 g/mol. The summed E-state index contributed by atoms with van der Waals surface area (Å²) in [6.07, 6.45) is 3.55. The van der Waals surface area contributed by atoms with E-state index in [1.54, 1.807) is 35.6 Å². The maximum atomic E-state index is 13.1. The maximum Gasteiger partial charge on any atom is 0.253 e. The Morgan fingerprint density at radius 1 is 1.00 bits per heavy atom. The second-order valence-corrected chi connectivity index (χ2v) is 9.95. The predicted molar refractivity (Wildman–Crippen MR) is 140 cm³/mol. The molecule has 3 amide bonds. The highest BCUT2D eigenvalue weighted by molar-refractivity contribution is 7.09. The number of hydrogen-bond donors (Lipinski definition) is 2. The molecule has 35 heavy (non-hydrogen) atoms. The first kappa shape index (κ1) is 24.7. The normalized spacial score (nSPS) is 13.9. The van der Waals surface area contributed by atoms with Gasteiger partial charge in [0.1, 0.15) is 0 Å². The fourth-order valence-electron chi connectivity index (χ4n) is 4.33. The Labute approximate surface area is 210 Å². The topological polar surface area (TPSA) is 78.5 Å². The molecule has 1 aromatic heterocycles. The van der Waals surface area contributed by atoms with Crippen molar-refractivity contribution in [2.24, 2.45) is 0 Å². The molecule has 0 saturated carbocycles. The lowest BCUT2D eigenvalue weighted by Gasteiger charge is -2.32. The van der Waals surface area contributed by atoms with Crippen LogP contribution in [0.4, 0.5) is 5.69 Å². The number of piperidine rings is 1. The number of rotatable bonds is 8. The summed E-state index contributed by atoms with van der Waals surface area (Å²) in [5.74, 6) is -0.162. The van der Waals surface area contributed by atoms with Crippen molar-refractivity contribution in [2.45, 2.75) is 45.1 Å². The first-order valence-corrected chi connectivity index (χ1v) is 13.0. The van der Waals surface area contributed by atoms with E-state index in [9.17, 15) is 14.4 Å². The highest BCUT2D eigenvalue weighted by atomic mass is 32.1. The Morgan fingerprint density at radius 2 is 1.80 bits per heavy atom. The molecule has 182 valence electrons. The van der Waals surface area contributed by atoms with Crippen LogP contribution < -0.4 is 10.6 Å². The summed E-state index contributed by atoms with van der Waals surface area (Å²) in [5, 5.41) is 8.07. The molecule has 0 atom stereocenters. The quantitative estimate of drug-likeness (QED) is 0.465. The number of aryl methyl sites for hydroxylation is 2. The molecular formula is C28H31N3O3S. The van der Waals surface area contributed by atoms with Crippen LogP contribution in [0.15, 0.2) is 66.0 Å². The van der Waals surface area contributed by atoms with Gasteiger partial charge in [0.25, 0.3) is 11.8 Å². The third-order valence-corrected chi connectivity index (χ3v) is 7.24. The number of nitrogens with one attached hydrogen (secondary N) is 2. The number of nitrogens with zero attached hydrogens (tertiary/aromatic N) is 1. The number of amides is 3. The van der Waals surface area contributed by atoms with Gasteiger partial charge in [0, 0.05) is 47.2 Å². The second-order valence-electron chi connectivity index (χ2n) is 8.92. The van der Waals surface area contributed by atoms with Gasteiger partial charge in [-0.2, -0.15) is 0 Å². The molecule has 0 unspecified atom stereocenters. The lowest BCUT2D eigenvalue weighted by atomic mass is 10.0. The summed E-state index contributed by atoms with van der Waals surface area (Å²) in [6.45, 7) is 3.09. The summed E-state index contributed by atoms with van der Waals surface area (Å²) in [4.78, 5) is 41.1. The van der Waals surface area contributed by atoms with Crippen LogP contribution in [0, 0.1) is 6.92 Å². The zero-order valence-corrected chi connectivity index (χ0v) is 20.8. The molecule has 1 aliphatic heterocycles. The van der Waals surface area contributed by atoms with E-state index in [-0.39, 0.29) is 23.8 Å². The molecule has 1 saturated heterocycles. The van der Waals surface area contributed by atoms with Crippen LogP contribution in [-0.4, -0.2) is 41.8 Å². The minimum atomic E-state index is -0.0632. The molecule has 0 aliphatic carbocycles. The van der Waals surface area contributed by atoms with E-state index in [0.29, 0.717) is 49.2 Å². The van der Waals surface area contributed by atoms with Crippen molar-refractivity contribution in [1.29, 1.82) is 0 Å². The van der Waals surface area contributed by atoms with E-state index in [1.807, 2.05) is 47.5 Å². The van der Waals surface area contributed by atoms with Crippen molar-refractivity contribution < 1.29 is 14.4 Å². The van der Waals surface area contributed by atoms with Gasteiger partial charge in [-0.3, -0.25) is 14.4 Å². The van der Waals surface area contributed by atoms with E-state index in [0.717, 1.165) is 18.4 Å². The highest BCUT2D eigenvalue weighted by Crippen LogP contribution is 2.18. The lowest BCUT2D eigenvalue weighted by molar-refractivity contribution is -0.116. The van der Waals surface area contributed by atoms with Gasteiger partial charge in [-0.05, 0) is 73.9 Å². The fraction of sp³-hybridized carbons (Fsp3) is 0.321.